The molecule has 0 fully saturated rings. The van der Waals surface area contributed by atoms with Gasteiger partial charge in [-0.05, 0) is 25.7 Å². The van der Waals surface area contributed by atoms with E-state index < -0.39 is 0 Å². The summed E-state index contributed by atoms with van der Waals surface area (Å²) in [6, 6.07) is 0. The number of hydrogen-bond donors (Lipinski definition) is 8. The van der Waals surface area contributed by atoms with Crippen molar-refractivity contribution in [2.75, 3.05) is 54.8 Å². The van der Waals surface area contributed by atoms with Crippen molar-refractivity contribution in [1.82, 2.24) is 25.6 Å². The third kappa shape index (κ3) is 12.4. The first kappa shape index (κ1) is 28.4. The summed E-state index contributed by atoms with van der Waals surface area (Å²) in [7, 11) is 0. The van der Waals surface area contributed by atoms with Crippen LogP contribution in [0, 0.1) is 11.1 Å². The average Bonchev–Trinajstić information content (AvgIpc) is 2.85. The minimum absolute atomic E-state index is 0.0852. The summed E-state index contributed by atoms with van der Waals surface area (Å²) >= 11 is 0. The largest absolute Gasteiger partial charge is 0.461 e. The number of anilines is 3. The smallest absolute Gasteiger partial charge is 0.354 e. The molecule has 190 valence electrons. The Morgan fingerprint density at radius 3 is 1.71 bits per heavy atom. The Bertz CT molecular complexity index is 768. The zero-order chi connectivity index (χ0) is 25.0. The van der Waals surface area contributed by atoms with E-state index in [4.69, 9.17) is 22.5 Å². The van der Waals surface area contributed by atoms with E-state index in [0.29, 0.717) is 44.0 Å². The van der Waals surface area contributed by atoms with Gasteiger partial charge >= 0.3 is 11.9 Å². The molecule has 0 amide bonds. The van der Waals surface area contributed by atoms with Gasteiger partial charge in [0.25, 0.3) is 0 Å². The number of aromatic nitrogens is 3. The van der Waals surface area contributed by atoms with Crippen molar-refractivity contribution in [3.63, 3.8) is 0 Å². The molecular formula is C20H42N14+2. The molecule has 1 aromatic rings. The maximum Gasteiger partial charge on any atom is 0.461 e. The van der Waals surface area contributed by atoms with Gasteiger partial charge in [-0.1, -0.05) is 44.2 Å². The predicted octanol–water partition coefficient (Wildman–Crippen LogP) is 0.559. The number of nitrogens with two attached hydrogens (primary N) is 2. The molecule has 0 atom stereocenters. The molecule has 34 heavy (non-hydrogen) atoms. The second kappa shape index (κ2) is 17.9. The molecule has 0 radical (unpaired) electrons. The second-order valence-corrected chi connectivity index (χ2v) is 7.74. The number of rotatable bonds is 18. The third-order valence-electron chi connectivity index (χ3n) is 4.85. The molecule has 0 saturated carbocycles. The molecular weight excluding hydrogens is 436 g/mol. The van der Waals surface area contributed by atoms with Crippen LogP contribution in [0.2, 0.25) is 0 Å². The zero-order valence-electron chi connectivity index (χ0n) is 20.5. The quantitative estimate of drug-likeness (QED) is 0.0481. The van der Waals surface area contributed by atoms with Gasteiger partial charge in [0.1, 0.15) is 0 Å². The highest BCUT2D eigenvalue weighted by atomic mass is 15.3. The molecule has 14 heteroatoms. The number of unbranched alkanes of at least 4 members (excludes halogenated alkanes) is 3. The maximum absolute atomic E-state index is 6.93. The van der Waals surface area contributed by atoms with E-state index in [9.17, 15) is 0 Å². The molecule has 0 saturated heterocycles. The van der Waals surface area contributed by atoms with Gasteiger partial charge in [0, 0.05) is 26.2 Å². The van der Waals surface area contributed by atoms with E-state index in [1.807, 2.05) is 0 Å². The zero-order valence-corrected chi connectivity index (χ0v) is 20.5. The summed E-state index contributed by atoms with van der Waals surface area (Å²) in [6.45, 7) is 8.36. The number of hydrogen-bond acceptors (Lipinski definition) is 8. The highest BCUT2D eigenvalue weighted by molar-refractivity contribution is 5.71. The second-order valence-electron chi connectivity index (χ2n) is 7.74. The Hall–Kier alpha value is -3.63. The van der Waals surface area contributed by atoms with Crippen LogP contribution in [0.1, 0.15) is 58.8 Å². The normalized spacial score (nSPS) is 10.1. The van der Waals surface area contributed by atoms with Crippen molar-refractivity contribution < 1.29 is 9.58 Å². The van der Waals surface area contributed by atoms with Crippen molar-refractivity contribution in [1.29, 1.82) is 11.1 Å². The van der Waals surface area contributed by atoms with E-state index in [0.717, 1.165) is 58.0 Å². The molecule has 0 aliphatic rings. The van der Waals surface area contributed by atoms with Crippen LogP contribution in [-0.4, -0.2) is 75.7 Å². The maximum atomic E-state index is 6.93. The summed E-state index contributed by atoms with van der Waals surface area (Å²) in [5.41, 5.74) is 25.0. The molecule has 0 spiro atoms. The van der Waals surface area contributed by atoms with Gasteiger partial charge in [0.15, 0.2) is 0 Å². The minimum Gasteiger partial charge on any atom is -0.354 e. The van der Waals surface area contributed by atoms with Gasteiger partial charge in [-0.2, -0.15) is 15.0 Å². The summed E-state index contributed by atoms with van der Waals surface area (Å²) in [5.74, 6) is 1.85. The van der Waals surface area contributed by atoms with Crippen LogP contribution < -0.4 is 37.6 Å². The number of guanidine groups is 2. The van der Waals surface area contributed by atoms with Gasteiger partial charge in [0.2, 0.25) is 17.8 Å². The molecule has 0 unspecified atom stereocenters. The molecule has 0 bridgehead atoms. The fourth-order valence-electron chi connectivity index (χ4n) is 2.98. The van der Waals surface area contributed by atoms with Crippen LogP contribution in [-0.2, 0) is 0 Å². The summed E-state index contributed by atoms with van der Waals surface area (Å²) in [6.07, 6.45) is 6.93. The van der Waals surface area contributed by atoms with Crippen molar-refractivity contribution in [3.8, 4) is 0 Å². The van der Waals surface area contributed by atoms with Crippen LogP contribution in [0.15, 0.2) is 0 Å². The highest BCUT2D eigenvalue weighted by Crippen LogP contribution is 2.15. The van der Waals surface area contributed by atoms with Crippen molar-refractivity contribution in [2.45, 2.75) is 58.8 Å². The first-order chi connectivity index (χ1) is 16.5. The van der Waals surface area contributed by atoms with E-state index in [2.05, 4.69) is 64.5 Å². The molecule has 1 heterocycles. The van der Waals surface area contributed by atoms with Gasteiger partial charge in [0.05, 0.1) is 13.1 Å². The molecule has 0 aromatic carbocycles. The lowest BCUT2D eigenvalue weighted by molar-refractivity contribution is -0.125. The SMILES string of the molecule is CCCCCNc1nc(NCCCC)nc(N(CCCNC(N)=[N+]=N)CCCNC(N)=[N+]=N)n1. The Morgan fingerprint density at radius 2 is 1.24 bits per heavy atom. The summed E-state index contributed by atoms with van der Waals surface area (Å²) in [5, 5.41) is 12.4. The van der Waals surface area contributed by atoms with E-state index in [-0.39, 0.29) is 11.9 Å². The van der Waals surface area contributed by atoms with Crippen LogP contribution in [0.3, 0.4) is 0 Å². The fraction of sp³-hybridized carbons (Fsp3) is 0.750. The van der Waals surface area contributed by atoms with Gasteiger partial charge in [-0.15, -0.1) is 9.58 Å². The first-order valence-corrected chi connectivity index (χ1v) is 12.0. The Kier molecular flexibility index (Phi) is 14.9. The lowest BCUT2D eigenvalue weighted by Gasteiger charge is -2.23. The van der Waals surface area contributed by atoms with Crippen LogP contribution >= 0.6 is 0 Å². The lowest BCUT2D eigenvalue weighted by Crippen LogP contribution is -2.37. The first-order valence-electron chi connectivity index (χ1n) is 12.0. The molecule has 14 nitrogen and oxygen atoms in total. The van der Waals surface area contributed by atoms with Crippen LogP contribution in [0.25, 0.3) is 0 Å². The Balaban J connectivity index is 2.97. The molecule has 1 rings (SSSR count). The topological polar surface area (TPSA) is 218 Å². The van der Waals surface area contributed by atoms with Gasteiger partial charge < -0.3 is 15.5 Å². The van der Waals surface area contributed by atoms with Crippen molar-refractivity contribution in [2.24, 2.45) is 11.5 Å². The monoisotopic (exact) mass is 478 g/mol. The van der Waals surface area contributed by atoms with E-state index in [1.165, 1.54) is 0 Å². The summed E-state index contributed by atoms with van der Waals surface area (Å²) < 4.78 is 0. The van der Waals surface area contributed by atoms with Gasteiger partial charge in [-0.3, -0.25) is 22.1 Å². The fourth-order valence-corrected chi connectivity index (χ4v) is 2.98. The Labute approximate surface area is 201 Å². The van der Waals surface area contributed by atoms with Crippen LogP contribution in [0.4, 0.5) is 17.8 Å². The molecule has 0 aliphatic heterocycles. The standard InChI is InChI=1S/C20H40N14/c1-3-5-7-11-28-19-29-18(27-10-6-4-2)30-20(31-19)34(14-8-12-25-16(21)32-23)15-9-13-26-17(22)33-24/h23-24H,3-15H2,1-2H3,(H6,21,22,25,26,27,28,29,30,31)/p+2. The molecule has 1 aromatic heterocycles. The third-order valence-corrected chi connectivity index (χ3v) is 4.85. The molecule has 0 aliphatic carbocycles. The lowest BCUT2D eigenvalue weighted by atomic mass is 10.2. The highest BCUT2D eigenvalue weighted by Gasteiger charge is 2.15. The number of nitrogens with zero attached hydrogens (tertiary/aromatic N) is 6. The van der Waals surface area contributed by atoms with Crippen molar-refractivity contribution >= 4 is 29.8 Å². The summed E-state index contributed by atoms with van der Waals surface area (Å²) in [4.78, 5) is 22.3. The van der Waals surface area contributed by atoms with E-state index >= 15 is 0 Å². The predicted molar refractivity (Wildman–Crippen MR) is 133 cm³/mol. The Morgan fingerprint density at radius 1 is 0.735 bits per heavy atom. The van der Waals surface area contributed by atoms with Crippen molar-refractivity contribution in [3.05, 3.63) is 0 Å². The van der Waals surface area contributed by atoms with Gasteiger partial charge in [-0.25, -0.2) is 0 Å². The molecule has 10 N–H and O–H groups in total. The van der Waals surface area contributed by atoms with Crippen LogP contribution in [0.5, 0.6) is 0 Å². The average molecular weight is 479 g/mol. The van der Waals surface area contributed by atoms with E-state index in [1.54, 1.807) is 0 Å². The number of nitrogens with one attached hydrogen (secondary N) is 6. The minimum atomic E-state index is 0.0852.